The van der Waals surface area contributed by atoms with Crippen LogP contribution in [0.1, 0.15) is 48.9 Å². The number of carbonyl (C=O) groups is 1. The van der Waals surface area contributed by atoms with Gasteiger partial charge >= 0.3 is 5.97 Å². The van der Waals surface area contributed by atoms with Crippen LogP contribution in [-0.4, -0.2) is 33.6 Å². The Morgan fingerprint density at radius 3 is 2.46 bits per heavy atom. The van der Waals surface area contributed by atoms with Crippen molar-refractivity contribution in [1.29, 1.82) is 0 Å². The number of hydrogen-bond donors (Lipinski definition) is 2. The van der Waals surface area contributed by atoms with E-state index in [1.54, 1.807) is 0 Å². The number of esters is 1. The highest BCUT2D eigenvalue weighted by Crippen LogP contribution is 2.25. The normalized spacial score (nSPS) is 17.4. The number of methoxy groups -OCH3 is 1. The Morgan fingerprint density at radius 1 is 1.25 bits per heavy atom. The van der Waals surface area contributed by atoms with Gasteiger partial charge in [0.2, 0.25) is 10.0 Å². The average Bonchev–Trinajstić information content (AvgIpc) is 2.78. The highest BCUT2D eigenvalue weighted by Gasteiger charge is 2.28. The first-order valence-corrected chi connectivity index (χ1v) is 9.32. The first-order valence-electron chi connectivity index (χ1n) is 7.83. The number of carbonyl (C=O) groups excluding carboxylic acids is 1. The molecular weight excluding hydrogens is 352 g/mol. The van der Waals surface area contributed by atoms with E-state index in [0.717, 1.165) is 38.5 Å². The van der Waals surface area contributed by atoms with Crippen LogP contribution in [0.3, 0.4) is 0 Å². The largest absolute Gasteiger partial charge is 0.465 e. The van der Waals surface area contributed by atoms with Crippen LogP contribution in [0.5, 0.6) is 0 Å². The Labute approximate surface area is 149 Å². The molecule has 0 aromatic heterocycles. The molecule has 1 fully saturated rings. The van der Waals surface area contributed by atoms with Crippen LogP contribution in [-0.2, 0) is 14.8 Å². The average molecular weight is 377 g/mol. The summed E-state index contributed by atoms with van der Waals surface area (Å²) in [6, 6.07) is 5.79. The van der Waals surface area contributed by atoms with Crippen LogP contribution in [0.2, 0.25) is 0 Å². The van der Waals surface area contributed by atoms with Gasteiger partial charge in [-0.05, 0) is 31.0 Å². The molecule has 2 rings (SSSR count). The van der Waals surface area contributed by atoms with Crippen molar-refractivity contribution in [3.8, 4) is 0 Å². The van der Waals surface area contributed by atoms with Crippen molar-refractivity contribution in [2.45, 2.75) is 49.0 Å². The zero-order chi connectivity index (χ0) is 16.9. The van der Waals surface area contributed by atoms with Crippen LogP contribution in [0, 0.1) is 0 Å². The van der Waals surface area contributed by atoms with Gasteiger partial charge < -0.3 is 10.5 Å². The molecule has 1 saturated carbocycles. The summed E-state index contributed by atoms with van der Waals surface area (Å²) in [5, 5.41) is 0. The quantitative estimate of drug-likeness (QED) is 0.606. The monoisotopic (exact) mass is 376 g/mol. The van der Waals surface area contributed by atoms with Crippen molar-refractivity contribution in [3.05, 3.63) is 29.8 Å². The summed E-state index contributed by atoms with van der Waals surface area (Å²) in [7, 11) is -2.46. The van der Waals surface area contributed by atoms with Gasteiger partial charge in [-0.15, -0.1) is 12.4 Å². The molecule has 0 amide bonds. The summed E-state index contributed by atoms with van der Waals surface area (Å²) in [6.07, 6.45) is 5.97. The molecule has 136 valence electrons. The van der Waals surface area contributed by atoms with Gasteiger partial charge in [0.15, 0.2) is 0 Å². The molecule has 0 saturated heterocycles. The Morgan fingerprint density at radius 2 is 1.88 bits per heavy atom. The molecule has 1 aromatic carbocycles. The van der Waals surface area contributed by atoms with Gasteiger partial charge in [-0.25, -0.2) is 17.9 Å². The van der Waals surface area contributed by atoms with Gasteiger partial charge in [-0.3, -0.25) is 0 Å². The fraction of sp³-hybridized carbons (Fsp3) is 0.562. The molecule has 1 aliphatic carbocycles. The van der Waals surface area contributed by atoms with Gasteiger partial charge in [0.1, 0.15) is 0 Å². The summed E-state index contributed by atoms with van der Waals surface area (Å²) in [4.78, 5) is 11.6. The Hall–Kier alpha value is -1.15. The maximum Gasteiger partial charge on any atom is 0.337 e. The van der Waals surface area contributed by atoms with E-state index in [-0.39, 0.29) is 29.4 Å². The van der Waals surface area contributed by atoms with Crippen LogP contribution >= 0.6 is 12.4 Å². The van der Waals surface area contributed by atoms with Crippen molar-refractivity contribution in [3.63, 3.8) is 0 Å². The zero-order valence-corrected chi connectivity index (χ0v) is 15.4. The van der Waals surface area contributed by atoms with Crippen molar-refractivity contribution >= 4 is 28.4 Å². The number of benzene rings is 1. The summed E-state index contributed by atoms with van der Waals surface area (Å²) in [5.74, 6) is -0.568. The smallest absolute Gasteiger partial charge is 0.337 e. The fourth-order valence-electron chi connectivity index (χ4n) is 2.84. The zero-order valence-electron chi connectivity index (χ0n) is 13.8. The fourth-order valence-corrected chi connectivity index (χ4v) is 4.02. The van der Waals surface area contributed by atoms with Crippen LogP contribution < -0.4 is 10.5 Å². The van der Waals surface area contributed by atoms with Crippen molar-refractivity contribution < 1.29 is 17.9 Å². The van der Waals surface area contributed by atoms with E-state index in [2.05, 4.69) is 9.46 Å². The second kappa shape index (κ2) is 8.80. The lowest BCUT2D eigenvalue weighted by Gasteiger charge is -2.28. The molecular formula is C16H25ClN2O4S. The molecule has 3 N–H and O–H groups in total. The number of sulfonamides is 1. The van der Waals surface area contributed by atoms with Crippen LogP contribution in [0.4, 0.5) is 0 Å². The Balaban J connectivity index is 0.00000288. The minimum Gasteiger partial charge on any atom is -0.465 e. The molecule has 0 unspecified atom stereocenters. The maximum absolute atomic E-state index is 12.4. The number of nitrogens with two attached hydrogens (primary N) is 1. The highest BCUT2D eigenvalue weighted by molar-refractivity contribution is 7.89. The molecule has 1 aliphatic rings. The topological polar surface area (TPSA) is 98.5 Å². The molecule has 0 heterocycles. The van der Waals surface area contributed by atoms with E-state index >= 15 is 0 Å². The van der Waals surface area contributed by atoms with E-state index in [1.807, 2.05) is 0 Å². The Bertz CT molecular complexity index is 656. The van der Waals surface area contributed by atoms with Gasteiger partial charge in [-0.2, -0.15) is 0 Å². The summed E-state index contributed by atoms with van der Waals surface area (Å²) < 4.78 is 32.1. The molecule has 24 heavy (non-hydrogen) atoms. The van der Waals surface area contributed by atoms with E-state index in [4.69, 9.17) is 5.73 Å². The summed E-state index contributed by atoms with van der Waals surface area (Å²) >= 11 is 0. The van der Waals surface area contributed by atoms with Crippen molar-refractivity contribution in [1.82, 2.24) is 4.72 Å². The molecule has 0 spiro atoms. The number of nitrogens with one attached hydrogen (secondary N) is 1. The maximum atomic E-state index is 12.4. The van der Waals surface area contributed by atoms with Gasteiger partial charge in [0, 0.05) is 12.1 Å². The second-order valence-electron chi connectivity index (χ2n) is 6.12. The molecule has 0 radical (unpaired) electrons. The lowest BCUT2D eigenvalue weighted by atomic mass is 9.92. The minimum absolute atomic E-state index is 0. The van der Waals surface area contributed by atoms with E-state index in [9.17, 15) is 13.2 Å². The van der Waals surface area contributed by atoms with E-state index < -0.39 is 21.5 Å². The standard InChI is InChI=1S/C16H24N2O4S.ClH/c1-22-15(19)13-7-6-8-14(11-13)23(20,21)18-12-16(17)9-4-2-3-5-10-16;/h6-8,11,18H,2-5,9-10,12,17H2,1H3;1H. The second-order valence-corrected chi connectivity index (χ2v) is 7.89. The first-order chi connectivity index (χ1) is 10.9. The molecule has 6 nitrogen and oxygen atoms in total. The van der Waals surface area contributed by atoms with Crippen LogP contribution in [0.25, 0.3) is 0 Å². The van der Waals surface area contributed by atoms with Crippen molar-refractivity contribution in [2.75, 3.05) is 13.7 Å². The summed E-state index contributed by atoms with van der Waals surface area (Å²) in [5.41, 5.74) is 6.05. The lowest BCUT2D eigenvalue weighted by molar-refractivity contribution is 0.0600. The molecule has 0 bridgehead atoms. The third-order valence-corrected chi connectivity index (χ3v) is 5.68. The number of halogens is 1. The molecule has 8 heteroatoms. The number of hydrogen-bond acceptors (Lipinski definition) is 5. The molecule has 0 aliphatic heterocycles. The third-order valence-electron chi connectivity index (χ3n) is 4.28. The predicted octanol–water partition coefficient (Wildman–Crippen LogP) is 2.23. The van der Waals surface area contributed by atoms with Gasteiger partial charge in [0.25, 0.3) is 0 Å². The summed E-state index contributed by atoms with van der Waals surface area (Å²) in [6.45, 7) is 0.206. The highest BCUT2D eigenvalue weighted by atomic mass is 35.5. The van der Waals surface area contributed by atoms with Gasteiger partial charge in [0.05, 0.1) is 17.6 Å². The van der Waals surface area contributed by atoms with E-state index in [1.165, 1.54) is 31.4 Å². The lowest BCUT2D eigenvalue weighted by Crippen LogP contribution is -2.49. The first kappa shape index (κ1) is 20.9. The molecule has 1 aromatic rings. The minimum atomic E-state index is -3.71. The third kappa shape index (κ3) is 5.44. The van der Waals surface area contributed by atoms with Crippen molar-refractivity contribution in [2.24, 2.45) is 5.73 Å². The number of rotatable bonds is 5. The predicted molar refractivity (Wildman–Crippen MR) is 94.8 cm³/mol. The molecule has 0 atom stereocenters. The van der Waals surface area contributed by atoms with Gasteiger partial charge in [-0.1, -0.05) is 31.7 Å². The SMILES string of the molecule is COC(=O)c1cccc(S(=O)(=O)NCC2(N)CCCCCC2)c1.Cl. The van der Waals surface area contributed by atoms with E-state index in [0.29, 0.717) is 0 Å². The Kier molecular flexibility index (Phi) is 7.66. The number of ether oxygens (including phenoxy) is 1. The van der Waals surface area contributed by atoms with Crippen LogP contribution in [0.15, 0.2) is 29.2 Å².